The molecular weight excluding hydrogens is 150 g/mol. The fourth-order valence-electron chi connectivity index (χ4n) is 0.727. The molecule has 0 unspecified atom stereocenters. The van der Waals surface area contributed by atoms with Gasteiger partial charge in [0.25, 0.3) is 0 Å². The van der Waals surface area contributed by atoms with Crippen molar-refractivity contribution in [1.29, 1.82) is 0 Å². The van der Waals surface area contributed by atoms with Crippen molar-refractivity contribution in [1.82, 2.24) is 4.98 Å². The zero-order valence-corrected chi connectivity index (χ0v) is 6.47. The quantitative estimate of drug-likeness (QED) is 0.571. The van der Waals surface area contributed by atoms with E-state index in [4.69, 9.17) is 1.37 Å². The Labute approximate surface area is 62.4 Å². The number of thiophene rings is 1. The van der Waals surface area contributed by atoms with Gasteiger partial charge in [0.15, 0.2) is 0 Å². The number of aromatic nitrogens is 1. The third-order valence-corrected chi connectivity index (χ3v) is 2.86. The van der Waals surface area contributed by atoms with Gasteiger partial charge in [-0.05, 0) is 18.3 Å². The fourth-order valence-corrected chi connectivity index (χ4v) is 2.45. The van der Waals surface area contributed by atoms with E-state index in [2.05, 4.69) is 4.98 Å². The fraction of sp³-hybridized carbons (Fsp3) is 0.167. The van der Waals surface area contributed by atoms with Crippen LogP contribution in [0, 0.1) is 6.92 Å². The maximum atomic E-state index is 7.30. The molecule has 0 aliphatic heterocycles. The van der Waals surface area contributed by atoms with Crippen molar-refractivity contribution < 1.29 is 1.37 Å². The second-order valence-electron chi connectivity index (χ2n) is 1.77. The maximum absolute atomic E-state index is 7.30. The van der Waals surface area contributed by atoms with Gasteiger partial charge in [-0.15, -0.1) is 22.7 Å². The van der Waals surface area contributed by atoms with Gasteiger partial charge in [0, 0.05) is 0 Å². The molecule has 0 saturated heterocycles. The summed E-state index contributed by atoms with van der Waals surface area (Å²) in [6, 6.07) is 1.87. The van der Waals surface area contributed by atoms with Crippen LogP contribution >= 0.6 is 22.7 Å². The predicted octanol–water partition coefficient (Wildman–Crippen LogP) is 2.67. The summed E-state index contributed by atoms with van der Waals surface area (Å²) in [4.78, 5) is 5.26. The molecule has 0 atom stereocenters. The van der Waals surface area contributed by atoms with Gasteiger partial charge in [0.1, 0.15) is 4.83 Å². The number of rotatable bonds is 0. The minimum atomic E-state index is 0.605. The van der Waals surface area contributed by atoms with E-state index in [0.29, 0.717) is 5.36 Å². The second kappa shape index (κ2) is 1.78. The molecule has 0 saturated carbocycles. The van der Waals surface area contributed by atoms with Crippen LogP contribution in [0.3, 0.4) is 0 Å². The smallest absolute Gasteiger partial charge is 0.134 e. The van der Waals surface area contributed by atoms with Crippen molar-refractivity contribution in [2.24, 2.45) is 0 Å². The van der Waals surface area contributed by atoms with Crippen molar-refractivity contribution in [3.63, 3.8) is 0 Å². The van der Waals surface area contributed by atoms with E-state index in [9.17, 15) is 0 Å². The van der Waals surface area contributed by atoms with Crippen LogP contribution in [0.15, 0.2) is 11.4 Å². The third kappa shape index (κ3) is 0.767. The van der Waals surface area contributed by atoms with E-state index < -0.39 is 0 Å². The predicted molar refractivity (Wildman–Crippen MR) is 42.2 cm³/mol. The zero-order chi connectivity index (χ0) is 7.14. The van der Waals surface area contributed by atoms with Crippen LogP contribution < -0.4 is 0 Å². The van der Waals surface area contributed by atoms with Crippen molar-refractivity contribution in [2.45, 2.75) is 6.92 Å². The Kier molecular flexibility index (Phi) is 0.875. The summed E-state index contributed by atoms with van der Waals surface area (Å²) in [7, 11) is 0. The Hall–Kier alpha value is -0.410. The molecule has 0 bridgehead atoms. The Morgan fingerprint density at radius 1 is 1.78 bits per heavy atom. The average molecular weight is 156 g/mol. The minimum absolute atomic E-state index is 0.605. The molecule has 0 amide bonds. The molecule has 2 rings (SSSR count). The molecule has 0 aliphatic rings. The third-order valence-electron chi connectivity index (χ3n) is 1.07. The average Bonchev–Trinajstić information content (AvgIpc) is 2.21. The van der Waals surface area contributed by atoms with Gasteiger partial charge in [-0.25, -0.2) is 4.98 Å². The first-order valence-electron chi connectivity index (χ1n) is 3.09. The number of hydrogen-bond donors (Lipinski definition) is 0. The highest BCUT2D eigenvalue weighted by atomic mass is 32.1. The molecule has 0 aliphatic carbocycles. The number of aryl methyl sites for hydroxylation is 1. The SMILES string of the molecule is [2H]c1cc2sc(C)nc2s1. The van der Waals surface area contributed by atoms with E-state index in [0.717, 1.165) is 14.5 Å². The van der Waals surface area contributed by atoms with Gasteiger partial charge in [-0.3, -0.25) is 0 Å². The standard InChI is InChI=1S/C6H5NS2/c1-4-7-6-5(9-4)2-3-8-6/h2-3H,1H3/i3D. The van der Waals surface area contributed by atoms with Gasteiger partial charge in [0.05, 0.1) is 11.1 Å². The van der Waals surface area contributed by atoms with Crippen molar-refractivity contribution in [2.75, 3.05) is 0 Å². The number of thiazole rings is 1. The lowest BCUT2D eigenvalue weighted by Crippen LogP contribution is -1.59. The van der Waals surface area contributed by atoms with Crippen LogP contribution in [-0.2, 0) is 0 Å². The molecule has 3 heteroatoms. The zero-order valence-electron chi connectivity index (χ0n) is 5.84. The lowest BCUT2D eigenvalue weighted by Gasteiger charge is -1.68. The summed E-state index contributed by atoms with van der Waals surface area (Å²) in [6.07, 6.45) is 0. The van der Waals surface area contributed by atoms with Gasteiger partial charge in [-0.2, -0.15) is 0 Å². The molecule has 2 aromatic rings. The highest BCUT2D eigenvalue weighted by Gasteiger charge is 1.98. The molecule has 1 nitrogen and oxygen atoms in total. The summed E-state index contributed by atoms with van der Waals surface area (Å²) in [6.45, 7) is 1.99. The normalized spacial score (nSPS) is 12.3. The summed E-state index contributed by atoms with van der Waals surface area (Å²) in [5.74, 6) is 0. The highest BCUT2D eigenvalue weighted by Crippen LogP contribution is 2.25. The molecule has 46 valence electrons. The van der Waals surface area contributed by atoms with Crippen LogP contribution in [0.2, 0.25) is 0 Å². The molecule has 0 fully saturated rings. The molecular formula is C6H5NS2. The molecule has 0 aromatic carbocycles. The summed E-state index contributed by atoms with van der Waals surface area (Å²) < 4.78 is 8.44. The molecule has 0 spiro atoms. The van der Waals surface area contributed by atoms with Crippen LogP contribution in [0.4, 0.5) is 0 Å². The van der Waals surface area contributed by atoms with Crippen molar-refractivity contribution in [3.8, 4) is 0 Å². The molecule has 2 heterocycles. The lowest BCUT2D eigenvalue weighted by atomic mass is 10.6. The Bertz CT molecular complexity index is 300. The number of hydrogen-bond acceptors (Lipinski definition) is 3. The number of fused-ring (bicyclic) bond motifs is 1. The molecule has 2 aromatic heterocycles. The van der Waals surface area contributed by atoms with Crippen LogP contribution in [0.25, 0.3) is 9.53 Å². The molecule has 0 radical (unpaired) electrons. The van der Waals surface area contributed by atoms with Crippen molar-refractivity contribution in [3.05, 3.63) is 16.4 Å². The number of nitrogens with zero attached hydrogens (tertiary/aromatic N) is 1. The van der Waals surface area contributed by atoms with Gasteiger partial charge >= 0.3 is 0 Å². The summed E-state index contributed by atoms with van der Waals surface area (Å²) >= 11 is 3.09. The van der Waals surface area contributed by atoms with Crippen LogP contribution in [0.1, 0.15) is 6.38 Å². The first-order valence-corrected chi connectivity index (χ1v) is 4.22. The van der Waals surface area contributed by atoms with E-state index in [1.165, 1.54) is 11.3 Å². The monoisotopic (exact) mass is 156 g/mol. The van der Waals surface area contributed by atoms with Gasteiger partial charge < -0.3 is 0 Å². The molecule has 9 heavy (non-hydrogen) atoms. The first kappa shape index (κ1) is 4.41. The highest BCUT2D eigenvalue weighted by molar-refractivity contribution is 7.26. The maximum Gasteiger partial charge on any atom is 0.134 e. The van der Waals surface area contributed by atoms with Gasteiger partial charge in [0.2, 0.25) is 0 Å². The minimum Gasteiger partial charge on any atom is -0.231 e. The van der Waals surface area contributed by atoms with E-state index in [1.807, 2.05) is 13.0 Å². The second-order valence-corrected chi connectivity index (χ2v) is 3.83. The lowest BCUT2D eigenvalue weighted by molar-refractivity contribution is 1.36. The van der Waals surface area contributed by atoms with Crippen LogP contribution in [-0.4, -0.2) is 4.98 Å². The summed E-state index contributed by atoms with van der Waals surface area (Å²) in [5, 5.41) is 1.69. The van der Waals surface area contributed by atoms with E-state index in [1.54, 1.807) is 11.3 Å². The molecule has 0 N–H and O–H groups in total. The Balaban J connectivity index is 2.83. The Morgan fingerprint density at radius 2 is 2.67 bits per heavy atom. The van der Waals surface area contributed by atoms with E-state index in [-0.39, 0.29) is 0 Å². The first-order chi connectivity index (χ1) is 4.75. The largest absolute Gasteiger partial charge is 0.231 e. The van der Waals surface area contributed by atoms with Gasteiger partial charge in [-0.1, -0.05) is 0 Å². The van der Waals surface area contributed by atoms with Crippen LogP contribution in [0.5, 0.6) is 0 Å². The van der Waals surface area contributed by atoms with E-state index >= 15 is 0 Å². The van der Waals surface area contributed by atoms with Crippen molar-refractivity contribution >= 4 is 32.2 Å². The summed E-state index contributed by atoms with van der Waals surface area (Å²) in [5.41, 5.74) is 0. The Morgan fingerprint density at radius 3 is 3.44 bits per heavy atom. The topological polar surface area (TPSA) is 12.9 Å².